The smallest absolute Gasteiger partial charge is 0.316 e. The number of hydrogen-bond acceptors (Lipinski definition) is 2. The van der Waals surface area contributed by atoms with E-state index in [1.807, 2.05) is 12.1 Å². The number of urea groups is 1. The highest BCUT2D eigenvalue weighted by molar-refractivity contribution is 6.30. The topological polar surface area (TPSA) is 84.2 Å². The number of carbonyl (C=O) groups excluding carboxylic acids is 2. The molecule has 4 N–H and O–H groups in total. The summed E-state index contributed by atoms with van der Waals surface area (Å²) in [5, 5.41) is 5.93. The zero-order valence-electron chi connectivity index (χ0n) is 11.8. The van der Waals surface area contributed by atoms with Crippen LogP contribution in [0.4, 0.5) is 16.2 Å². The minimum atomic E-state index is -0.625. The van der Waals surface area contributed by atoms with Crippen molar-refractivity contribution in [1.29, 1.82) is 0 Å². The van der Waals surface area contributed by atoms with Crippen molar-refractivity contribution in [3.8, 4) is 0 Å². The number of nitrogens with two attached hydrogens (primary N) is 1. The van der Waals surface area contributed by atoms with Crippen LogP contribution in [-0.4, -0.2) is 11.9 Å². The van der Waals surface area contributed by atoms with E-state index >= 15 is 0 Å². The summed E-state index contributed by atoms with van der Waals surface area (Å²) in [6.07, 6.45) is 1.02. The lowest BCUT2D eigenvalue weighted by Gasteiger charge is -2.07. The summed E-state index contributed by atoms with van der Waals surface area (Å²) in [5.74, 6) is -0.0782. The molecule has 0 atom stereocenters. The molecule has 2 aromatic rings. The molecule has 0 bridgehead atoms. The molecular weight excluding hydrogens is 302 g/mol. The summed E-state index contributed by atoms with van der Waals surface area (Å²) >= 11 is 5.81. The average molecular weight is 318 g/mol. The SMILES string of the molecule is NC(=O)Nc1ccc(NC(=O)CCc2ccc(Cl)cc2)cc1. The third kappa shape index (κ3) is 5.10. The van der Waals surface area contributed by atoms with Crippen LogP contribution in [0.25, 0.3) is 0 Å². The first-order chi connectivity index (χ1) is 10.5. The third-order valence-electron chi connectivity index (χ3n) is 2.99. The van der Waals surface area contributed by atoms with Crippen molar-refractivity contribution >= 4 is 34.9 Å². The predicted molar refractivity (Wildman–Crippen MR) is 88.1 cm³/mol. The molecule has 0 radical (unpaired) electrons. The molecule has 0 saturated heterocycles. The van der Waals surface area contributed by atoms with Crippen LogP contribution in [0.5, 0.6) is 0 Å². The molecule has 22 heavy (non-hydrogen) atoms. The summed E-state index contributed by atoms with van der Waals surface area (Å²) in [4.78, 5) is 22.6. The van der Waals surface area contributed by atoms with Gasteiger partial charge in [-0.15, -0.1) is 0 Å². The zero-order valence-corrected chi connectivity index (χ0v) is 12.6. The molecule has 0 unspecified atom stereocenters. The largest absolute Gasteiger partial charge is 0.351 e. The molecule has 3 amide bonds. The summed E-state index contributed by atoms with van der Waals surface area (Å²) < 4.78 is 0. The van der Waals surface area contributed by atoms with Crippen LogP contribution in [0.2, 0.25) is 5.02 Å². The van der Waals surface area contributed by atoms with Crippen molar-refractivity contribution in [3.63, 3.8) is 0 Å². The molecule has 0 aliphatic rings. The molecule has 2 rings (SSSR count). The van der Waals surface area contributed by atoms with Gasteiger partial charge in [0.15, 0.2) is 0 Å². The van der Waals surface area contributed by atoms with Crippen LogP contribution in [0.1, 0.15) is 12.0 Å². The number of carbonyl (C=O) groups is 2. The lowest BCUT2D eigenvalue weighted by atomic mass is 10.1. The van der Waals surface area contributed by atoms with Gasteiger partial charge < -0.3 is 16.4 Å². The van der Waals surface area contributed by atoms with E-state index in [9.17, 15) is 9.59 Å². The number of halogens is 1. The van der Waals surface area contributed by atoms with Gasteiger partial charge in [-0.05, 0) is 48.4 Å². The van der Waals surface area contributed by atoms with Crippen LogP contribution >= 0.6 is 11.6 Å². The molecule has 5 nitrogen and oxygen atoms in total. The summed E-state index contributed by atoms with van der Waals surface area (Å²) in [5.41, 5.74) is 7.31. The number of amides is 3. The highest BCUT2D eigenvalue weighted by atomic mass is 35.5. The van der Waals surface area contributed by atoms with Gasteiger partial charge in [0, 0.05) is 22.8 Å². The fourth-order valence-electron chi connectivity index (χ4n) is 1.91. The molecule has 0 aliphatic heterocycles. The van der Waals surface area contributed by atoms with Gasteiger partial charge in [0.25, 0.3) is 0 Å². The Morgan fingerprint density at radius 2 is 1.45 bits per heavy atom. The van der Waals surface area contributed by atoms with Crippen LogP contribution in [-0.2, 0) is 11.2 Å². The summed E-state index contributed by atoms with van der Waals surface area (Å²) in [7, 11) is 0. The molecule has 0 heterocycles. The summed E-state index contributed by atoms with van der Waals surface area (Å²) in [6.45, 7) is 0. The maximum atomic E-state index is 11.9. The van der Waals surface area contributed by atoms with Crippen LogP contribution < -0.4 is 16.4 Å². The van der Waals surface area contributed by atoms with Gasteiger partial charge in [0.2, 0.25) is 5.91 Å². The first-order valence-electron chi connectivity index (χ1n) is 6.74. The van der Waals surface area contributed by atoms with Crippen molar-refractivity contribution in [2.24, 2.45) is 5.73 Å². The summed E-state index contributed by atoms with van der Waals surface area (Å²) in [6, 6.07) is 13.5. The minimum absolute atomic E-state index is 0.0782. The van der Waals surface area contributed by atoms with Crippen LogP contribution in [0, 0.1) is 0 Å². The van der Waals surface area contributed by atoms with Gasteiger partial charge >= 0.3 is 6.03 Å². The first-order valence-corrected chi connectivity index (χ1v) is 7.11. The standard InChI is InChI=1S/C16H16ClN3O2/c17-12-4-1-11(2-5-12)3-10-15(21)19-13-6-8-14(9-7-13)20-16(18)22/h1-2,4-9H,3,10H2,(H,19,21)(H3,18,20,22). The Morgan fingerprint density at radius 1 is 0.909 bits per heavy atom. The molecule has 114 valence electrons. The monoisotopic (exact) mass is 317 g/mol. The van der Waals surface area contributed by atoms with Crippen molar-refractivity contribution in [1.82, 2.24) is 0 Å². The van der Waals surface area contributed by atoms with Gasteiger partial charge in [-0.2, -0.15) is 0 Å². The normalized spacial score (nSPS) is 10.0. The number of hydrogen-bond donors (Lipinski definition) is 3. The molecular formula is C16H16ClN3O2. The highest BCUT2D eigenvalue weighted by Crippen LogP contribution is 2.15. The van der Waals surface area contributed by atoms with E-state index in [2.05, 4.69) is 10.6 Å². The number of anilines is 2. The van der Waals surface area contributed by atoms with Crippen molar-refractivity contribution in [2.45, 2.75) is 12.8 Å². The van der Waals surface area contributed by atoms with E-state index in [1.165, 1.54) is 0 Å². The van der Waals surface area contributed by atoms with Crippen LogP contribution in [0.3, 0.4) is 0 Å². The Labute approximate surface area is 133 Å². The molecule has 0 spiro atoms. The Hall–Kier alpha value is -2.53. The molecule has 0 fully saturated rings. The number of benzene rings is 2. The minimum Gasteiger partial charge on any atom is -0.351 e. The molecule has 6 heteroatoms. The molecule has 0 saturated carbocycles. The Balaban J connectivity index is 1.83. The number of aryl methyl sites for hydroxylation is 1. The predicted octanol–water partition coefficient (Wildman–Crippen LogP) is 3.40. The first kappa shape index (κ1) is 15.9. The second kappa shape index (κ2) is 7.47. The second-order valence-electron chi connectivity index (χ2n) is 4.74. The molecule has 0 aromatic heterocycles. The second-order valence-corrected chi connectivity index (χ2v) is 5.18. The maximum Gasteiger partial charge on any atom is 0.316 e. The Morgan fingerprint density at radius 3 is 2.00 bits per heavy atom. The van der Waals surface area contributed by atoms with Gasteiger partial charge in [-0.25, -0.2) is 4.79 Å². The van der Waals surface area contributed by atoms with Gasteiger partial charge in [-0.3, -0.25) is 4.79 Å². The van der Waals surface area contributed by atoms with E-state index in [0.29, 0.717) is 29.2 Å². The highest BCUT2D eigenvalue weighted by Gasteiger charge is 2.04. The number of nitrogens with one attached hydrogen (secondary N) is 2. The number of primary amides is 1. The van der Waals surface area contributed by atoms with E-state index in [0.717, 1.165) is 5.56 Å². The van der Waals surface area contributed by atoms with E-state index in [-0.39, 0.29) is 5.91 Å². The third-order valence-corrected chi connectivity index (χ3v) is 3.24. The van der Waals surface area contributed by atoms with Crippen molar-refractivity contribution in [3.05, 3.63) is 59.1 Å². The molecule has 2 aromatic carbocycles. The van der Waals surface area contributed by atoms with Crippen LogP contribution in [0.15, 0.2) is 48.5 Å². The maximum absolute atomic E-state index is 11.9. The lowest BCUT2D eigenvalue weighted by Crippen LogP contribution is -2.19. The lowest BCUT2D eigenvalue weighted by molar-refractivity contribution is -0.116. The van der Waals surface area contributed by atoms with Crippen molar-refractivity contribution < 1.29 is 9.59 Å². The zero-order chi connectivity index (χ0) is 15.9. The number of rotatable bonds is 5. The fourth-order valence-corrected chi connectivity index (χ4v) is 2.04. The fraction of sp³-hybridized carbons (Fsp3) is 0.125. The molecule has 0 aliphatic carbocycles. The Bertz CT molecular complexity index is 654. The van der Waals surface area contributed by atoms with E-state index in [1.54, 1.807) is 36.4 Å². The van der Waals surface area contributed by atoms with Gasteiger partial charge in [0.1, 0.15) is 0 Å². The Kier molecular flexibility index (Phi) is 5.38. The van der Waals surface area contributed by atoms with Gasteiger partial charge in [0.05, 0.1) is 0 Å². The van der Waals surface area contributed by atoms with E-state index in [4.69, 9.17) is 17.3 Å². The van der Waals surface area contributed by atoms with Gasteiger partial charge in [-0.1, -0.05) is 23.7 Å². The van der Waals surface area contributed by atoms with Crippen molar-refractivity contribution in [2.75, 3.05) is 10.6 Å². The van der Waals surface area contributed by atoms with E-state index < -0.39 is 6.03 Å². The average Bonchev–Trinajstić information content (AvgIpc) is 2.48. The quantitative estimate of drug-likeness (QED) is 0.789.